The van der Waals surface area contributed by atoms with Crippen molar-refractivity contribution in [3.05, 3.63) is 66.8 Å². The molecule has 0 unspecified atom stereocenters. The maximum atomic E-state index is 12.8. The molecular weight excluding hydrogens is 480 g/mol. The summed E-state index contributed by atoms with van der Waals surface area (Å²) in [6, 6.07) is 14.7. The molecular formula is C22H26F3IO2. The average molecular weight is 506 g/mol. The SMILES string of the molecule is CC(C)(C)c1ccc(I(OC(=O)C(F)(F)F)c2ccc(C(C)(C)C)cc2)cc1. The molecule has 2 rings (SSSR count). The van der Waals surface area contributed by atoms with Gasteiger partial charge in [0, 0.05) is 0 Å². The summed E-state index contributed by atoms with van der Waals surface area (Å²) in [6.45, 7) is 12.4. The van der Waals surface area contributed by atoms with E-state index in [4.69, 9.17) is 3.07 Å². The number of halogens is 4. The van der Waals surface area contributed by atoms with Crippen LogP contribution in [0.15, 0.2) is 48.5 Å². The van der Waals surface area contributed by atoms with Crippen molar-refractivity contribution < 1.29 is 21.0 Å². The molecule has 2 nitrogen and oxygen atoms in total. The molecule has 0 aliphatic heterocycles. The van der Waals surface area contributed by atoms with Gasteiger partial charge >= 0.3 is 173 Å². The van der Waals surface area contributed by atoms with E-state index < -0.39 is 32.4 Å². The van der Waals surface area contributed by atoms with E-state index in [2.05, 4.69) is 41.5 Å². The van der Waals surface area contributed by atoms with Crippen LogP contribution in [0.25, 0.3) is 0 Å². The quantitative estimate of drug-likeness (QED) is 0.426. The molecule has 0 fully saturated rings. The predicted molar refractivity (Wildman–Crippen MR) is 114 cm³/mol. The molecule has 2 aromatic rings. The molecule has 0 atom stereocenters. The first-order valence-electron chi connectivity index (χ1n) is 8.90. The fraction of sp³-hybridized carbons (Fsp3) is 0.409. The van der Waals surface area contributed by atoms with Gasteiger partial charge in [0.15, 0.2) is 0 Å². The fourth-order valence-electron chi connectivity index (χ4n) is 2.46. The van der Waals surface area contributed by atoms with Crippen LogP contribution in [0.5, 0.6) is 0 Å². The summed E-state index contributed by atoms with van der Waals surface area (Å²) in [6.07, 6.45) is -5.01. The molecule has 0 spiro atoms. The second-order valence-corrected chi connectivity index (χ2v) is 13.0. The summed E-state index contributed by atoms with van der Waals surface area (Å²) in [5.74, 6) is -2.13. The van der Waals surface area contributed by atoms with Gasteiger partial charge in [-0.3, -0.25) is 0 Å². The Morgan fingerprint density at radius 1 is 0.714 bits per heavy atom. The zero-order valence-electron chi connectivity index (χ0n) is 16.9. The molecule has 28 heavy (non-hydrogen) atoms. The Bertz CT molecular complexity index is 754. The first-order chi connectivity index (χ1) is 12.7. The van der Waals surface area contributed by atoms with Crippen LogP contribution in [0, 0.1) is 7.14 Å². The van der Waals surface area contributed by atoms with E-state index in [1.165, 1.54) is 0 Å². The first-order valence-corrected chi connectivity index (χ1v) is 11.9. The molecule has 0 radical (unpaired) electrons. The Morgan fingerprint density at radius 2 is 1.04 bits per heavy atom. The molecule has 0 aliphatic carbocycles. The number of hydrogen-bond acceptors (Lipinski definition) is 2. The number of carbonyl (C=O) groups is 1. The van der Waals surface area contributed by atoms with E-state index in [0.29, 0.717) is 7.14 Å². The maximum absolute atomic E-state index is 12.8. The molecule has 154 valence electrons. The third kappa shape index (κ3) is 5.72. The monoisotopic (exact) mass is 506 g/mol. The minimum absolute atomic E-state index is 0.0748. The first kappa shape index (κ1) is 22.7. The molecule has 0 saturated heterocycles. The standard InChI is InChI=1S/C22H26F3IO2/c1-20(2,3)15-7-11-17(12-8-15)26(28-19(27)22(23,24)25)18-13-9-16(10-14-18)21(4,5)6/h7-14H,1-6H3. The minimum atomic E-state index is -5.01. The van der Waals surface area contributed by atoms with Crippen molar-refractivity contribution in [2.24, 2.45) is 0 Å². The van der Waals surface area contributed by atoms with Crippen molar-refractivity contribution in [1.82, 2.24) is 0 Å². The Morgan fingerprint density at radius 3 is 1.29 bits per heavy atom. The normalized spacial score (nSPS) is 13.2. The van der Waals surface area contributed by atoms with E-state index >= 15 is 0 Å². The van der Waals surface area contributed by atoms with Gasteiger partial charge in [-0.1, -0.05) is 0 Å². The number of carbonyl (C=O) groups excluding carboxylic acids is 1. The number of rotatable bonds is 3. The molecule has 0 aromatic heterocycles. The molecule has 6 heteroatoms. The van der Waals surface area contributed by atoms with Crippen LogP contribution in [-0.4, -0.2) is 12.1 Å². The number of hydrogen-bond donors (Lipinski definition) is 0. The van der Waals surface area contributed by atoms with Gasteiger partial charge < -0.3 is 0 Å². The van der Waals surface area contributed by atoms with Crippen molar-refractivity contribution in [3.8, 4) is 0 Å². The van der Waals surface area contributed by atoms with Crippen molar-refractivity contribution >= 4 is 26.2 Å². The van der Waals surface area contributed by atoms with Gasteiger partial charge in [0.1, 0.15) is 0 Å². The van der Waals surface area contributed by atoms with Crippen molar-refractivity contribution in [2.45, 2.75) is 58.5 Å². The van der Waals surface area contributed by atoms with Crippen LogP contribution in [-0.2, 0) is 18.7 Å². The van der Waals surface area contributed by atoms with E-state index in [-0.39, 0.29) is 10.8 Å². The van der Waals surface area contributed by atoms with Crippen molar-refractivity contribution in [2.75, 3.05) is 0 Å². The van der Waals surface area contributed by atoms with Crippen LogP contribution in [0.4, 0.5) is 13.2 Å². The Labute approximate surface area is 172 Å². The zero-order valence-corrected chi connectivity index (χ0v) is 19.1. The molecule has 0 amide bonds. The van der Waals surface area contributed by atoms with Gasteiger partial charge in [0.2, 0.25) is 0 Å². The zero-order chi connectivity index (χ0) is 21.3. The summed E-state index contributed by atoms with van der Waals surface area (Å²) in [5.41, 5.74) is 1.98. The molecule has 2 aromatic carbocycles. The topological polar surface area (TPSA) is 26.3 Å². The molecule has 0 aliphatic rings. The average Bonchev–Trinajstić information content (AvgIpc) is 2.57. The molecule has 0 N–H and O–H groups in total. The third-order valence-electron chi connectivity index (χ3n) is 4.20. The summed E-state index contributed by atoms with van der Waals surface area (Å²) >= 11 is -3.04. The van der Waals surface area contributed by atoms with Gasteiger partial charge in [0.25, 0.3) is 0 Å². The van der Waals surface area contributed by atoms with E-state index in [1.807, 2.05) is 24.3 Å². The summed E-state index contributed by atoms with van der Waals surface area (Å²) in [5, 5.41) is 0. The Hall–Kier alpha value is -1.57. The summed E-state index contributed by atoms with van der Waals surface area (Å²) < 4.78 is 44.8. The van der Waals surface area contributed by atoms with Crippen LogP contribution in [0.2, 0.25) is 0 Å². The van der Waals surface area contributed by atoms with Gasteiger partial charge in [0.05, 0.1) is 0 Å². The van der Waals surface area contributed by atoms with E-state index in [1.54, 1.807) is 24.3 Å². The molecule has 0 saturated carbocycles. The van der Waals surface area contributed by atoms with Gasteiger partial charge in [-0.2, -0.15) is 0 Å². The van der Waals surface area contributed by atoms with Crippen LogP contribution in [0.3, 0.4) is 0 Å². The third-order valence-corrected chi connectivity index (χ3v) is 8.74. The second-order valence-electron chi connectivity index (χ2n) is 8.62. The van der Waals surface area contributed by atoms with Crippen molar-refractivity contribution in [3.63, 3.8) is 0 Å². The second kappa shape index (κ2) is 8.05. The fourth-order valence-corrected chi connectivity index (χ4v) is 6.36. The van der Waals surface area contributed by atoms with E-state index in [0.717, 1.165) is 11.1 Å². The Kier molecular flexibility index (Phi) is 6.53. The molecule has 0 heterocycles. The predicted octanol–water partition coefficient (Wildman–Crippen LogP) is 6.85. The van der Waals surface area contributed by atoms with E-state index in [9.17, 15) is 18.0 Å². The van der Waals surface area contributed by atoms with Crippen LogP contribution >= 0.6 is 20.2 Å². The molecule has 0 bridgehead atoms. The van der Waals surface area contributed by atoms with Crippen LogP contribution in [0.1, 0.15) is 52.7 Å². The summed E-state index contributed by atoms with van der Waals surface area (Å²) in [4.78, 5) is 11.6. The van der Waals surface area contributed by atoms with Gasteiger partial charge in [-0.05, 0) is 0 Å². The summed E-state index contributed by atoms with van der Waals surface area (Å²) in [7, 11) is 0. The van der Waals surface area contributed by atoms with Crippen molar-refractivity contribution in [1.29, 1.82) is 0 Å². The number of alkyl halides is 3. The number of benzene rings is 2. The van der Waals surface area contributed by atoms with Gasteiger partial charge in [-0.25, -0.2) is 0 Å². The Balaban J connectivity index is 2.44. The van der Waals surface area contributed by atoms with Crippen LogP contribution < -0.4 is 0 Å². The van der Waals surface area contributed by atoms with Gasteiger partial charge in [-0.15, -0.1) is 0 Å².